The number of aromatic nitrogens is 3. The fourth-order valence-electron chi connectivity index (χ4n) is 1.83. The van der Waals surface area contributed by atoms with E-state index in [2.05, 4.69) is 15.4 Å². The van der Waals surface area contributed by atoms with E-state index in [-0.39, 0.29) is 24.8 Å². The van der Waals surface area contributed by atoms with Gasteiger partial charge in [0.15, 0.2) is 5.65 Å². The zero-order valence-corrected chi connectivity index (χ0v) is 11.3. The van der Waals surface area contributed by atoms with Crippen molar-refractivity contribution in [1.29, 1.82) is 0 Å². The summed E-state index contributed by atoms with van der Waals surface area (Å²) in [5.74, 6) is -1.34. The summed E-state index contributed by atoms with van der Waals surface area (Å²) in [6.45, 7) is 4.02. The fraction of sp³-hybridized carbons (Fsp3) is 0.385. The number of hydrogen-bond donors (Lipinski definition) is 2. The molecule has 0 aliphatic carbocycles. The molecule has 0 aromatic carbocycles. The fourth-order valence-corrected chi connectivity index (χ4v) is 1.83. The van der Waals surface area contributed by atoms with Gasteiger partial charge >= 0.3 is 5.97 Å². The highest BCUT2D eigenvalue weighted by molar-refractivity contribution is 5.93. The van der Waals surface area contributed by atoms with E-state index < -0.39 is 5.97 Å². The van der Waals surface area contributed by atoms with Crippen LogP contribution in [-0.4, -0.2) is 31.7 Å². The predicted octanol–water partition coefficient (Wildman–Crippen LogP) is 1.82. The number of nitrogens with one attached hydrogen (secondary N) is 1. The van der Waals surface area contributed by atoms with E-state index in [0.717, 1.165) is 11.0 Å². The third-order valence-corrected chi connectivity index (χ3v) is 2.77. The molecule has 2 aromatic heterocycles. The van der Waals surface area contributed by atoms with Crippen molar-refractivity contribution >= 4 is 28.6 Å². The molecule has 0 fully saturated rings. The number of rotatable bonds is 5. The van der Waals surface area contributed by atoms with Gasteiger partial charge in [-0.05, 0) is 19.9 Å². The molecule has 0 aliphatic heterocycles. The van der Waals surface area contributed by atoms with Crippen LogP contribution in [0, 0.1) is 0 Å². The monoisotopic (exact) mass is 276 g/mol. The number of fused-ring (bicyclic) bond motifs is 1. The molecule has 0 bridgehead atoms. The van der Waals surface area contributed by atoms with E-state index in [4.69, 9.17) is 5.11 Å². The molecule has 2 aromatic rings. The molecule has 7 nitrogen and oxygen atoms in total. The molecule has 2 heterocycles. The number of carbonyl (C=O) groups excluding carboxylic acids is 1. The smallest absolute Gasteiger partial charge is 0.303 e. The maximum Gasteiger partial charge on any atom is 0.303 e. The van der Waals surface area contributed by atoms with Crippen LogP contribution in [0.15, 0.2) is 18.5 Å². The van der Waals surface area contributed by atoms with Crippen LogP contribution in [0.25, 0.3) is 11.0 Å². The Labute approximate surface area is 115 Å². The number of anilines is 1. The standard InChI is InChI=1S/C13H16N4O3/c1-8(2)17-13-9(6-15-17)5-10(7-14-13)16-11(18)3-4-12(19)20/h5-8H,3-4H2,1-2H3,(H,16,18)(H,19,20). The lowest BCUT2D eigenvalue weighted by molar-refractivity contribution is -0.138. The van der Waals surface area contributed by atoms with E-state index >= 15 is 0 Å². The molecule has 2 N–H and O–H groups in total. The number of aliphatic carboxylic acids is 1. The van der Waals surface area contributed by atoms with Crippen molar-refractivity contribution in [3.63, 3.8) is 0 Å². The molecule has 0 radical (unpaired) electrons. The van der Waals surface area contributed by atoms with Crippen LogP contribution < -0.4 is 5.32 Å². The van der Waals surface area contributed by atoms with Crippen molar-refractivity contribution in [2.75, 3.05) is 5.32 Å². The topological polar surface area (TPSA) is 97.1 Å². The number of carbonyl (C=O) groups is 2. The van der Waals surface area contributed by atoms with Gasteiger partial charge in [-0.25, -0.2) is 9.67 Å². The van der Waals surface area contributed by atoms with Crippen molar-refractivity contribution in [3.05, 3.63) is 18.5 Å². The molecule has 20 heavy (non-hydrogen) atoms. The number of carboxylic acid groups (broad SMARTS) is 1. The summed E-state index contributed by atoms with van der Waals surface area (Å²) in [6.07, 6.45) is 2.99. The van der Waals surface area contributed by atoms with Crippen molar-refractivity contribution in [3.8, 4) is 0 Å². The summed E-state index contributed by atoms with van der Waals surface area (Å²) in [5, 5.41) is 16.2. The number of nitrogens with zero attached hydrogens (tertiary/aromatic N) is 3. The highest BCUT2D eigenvalue weighted by atomic mass is 16.4. The summed E-state index contributed by atoms with van der Waals surface area (Å²) < 4.78 is 1.80. The minimum Gasteiger partial charge on any atom is -0.481 e. The van der Waals surface area contributed by atoms with Crippen molar-refractivity contribution < 1.29 is 14.7 Å². The Morgan fingerprint density at radius 1 is 1.35 bits per heavy atom. The van der Waals surface area contributed by atoms with Crippen molar-refractivity contribution in [2.45, 2.75) is 32.7 Å². The summed E-state index contributed by atoms with van der Waals surface area (Å²) in [4.78, 5) is 26.2. The summed E-state index contributed by atoms with van der Waals surface area (Å²) in [5.41, 5.74) is 1.29. The van der Waals surface area contributed by atoms with E-state index in [0.29, 0.717) is 5.69 Å². The number of amides is 1. The first-order chi connectivity index (χ1) is 9.47. The Bertz CT molecular complexity index is 648. The molecule has 0 aliphatic rings. The average molecular weight is 276 g/mol. The predicted molar refractivity (Wildman–Crippen MR) is 73.4 cm³/mol. The van der Waals surface area contributed by atoms with Crippen molar-refractivity contribution in [2.24, 2.45) is 0 Å². The van der Waals surface area contributed by atoms with Gasteiger partial charge in [0.25, 0.3) is 0 Å². The van der Waals surface area contributed by atoms with Crippen LogP contribution in [0.4, 0.5) is 5.69 Å². The third kappa shape index (κ3) is 3.11. The molecule has 0 atom stereocenters. The van der Waals surface area contributed by atoms with E-state index in [1.54, 1.807) is 23.1 Å². The van der Waals surface area contributed by atoms with E-state index in [9.17, 15) is 9.59 Å². The molecule has 0 spiro atoms. The quantitative estimate of drug-likeness (QED) is 0.868. The number of hydrogen-bond acceptors (Lipinski definition) is 4. The van der Waals surface area contributed by atoms with E-state index in [1.807, 2.05) is 13.8 Å². The second-order valence-corrected chi connectivity index (χ2v) is 4.76. The van der Waals surface area contributed by atoms with Crippen LogP contribution in [-0.2, 0) is 9.59 Å². The van der Waals surface area contributed by atoms with Gasteiger partial charge < -0.3 is 10.4 Å². The molecule has 0 saturated carbocycles. The first-order valence-electron chi connectivity index (χ1n) is 6.32. The van der Waals surface area contributed by atoms with Crippen LogP contribution in [0.5, 0.6) is 0 Å². The molecule has 0 saturated heterocycles. The van der Waals surface area contributed by atoms with Gasteiger partial charge in [0, 0.05) is 17.8 Å². The van der Waals surface area contributed by atoms with Gasteiger partial charge in [0.1, 0.15) is 0 Å². The van der Waals surface area contributed by atoms with Crippen molar-refractivity contribution in [1.82, 2.24) is 14.8 Å². The maximum absolute atomic E-state index is 11.5. The van der Waals surface area contributed by atoms with Gasteiger partial charge in [-0.15, -0.1) is 0 Å². The molecular formula is C13H16N4O3. The third-order valence-electron chi connectivity index (χ3n) is 2.77. The maximum atomic E-state index is 11.5. The van der Waals surface area contributed by atoms with Crippen LogP contribution in [0.3, 0.4) is 0 Å². The van der Waals surface area contributed by atoms with Gasteiger partial charge in [0.2, 0.25) is 5.91 Å². The highest BCUT2D eigenvalue weighted by Crippen LogP contribution is 2.19. The zero-order valence-electron chi connectivity index (χ0n) is 11.3. The first kappa shape index (κ1) is 14.0. The van der Waals surface area contributed by atoms with Crippen LogP contribution in [0.2, 0.25) is 0 Å². The van der Waals surface area contributed by atoms with Crippen LogP contribution >= 0.6 is 0 Å². The lowest BCUT2D eigenvalue weighted by atomic mass is 10.2. The van der Waals surface area contributed by atoms with Crippen LogP contribution in [0.1, 0.15) is 32.7 Å². The summed E-state index contributed by atoms with van der Waals surface area (Å²) >= 11 is 0. The molecule has 1 amide bonds. The minimum absolute atomic E-state index is 0.0569. The second kappa shape index (κ2) is 5.68. The number of carboxylic acids is 1. The number of pyridine rings is 1. The minimum atomic E-state index is -0.994. The largest absolute Gasteiger partial charge is 0.481 e. The molecule has 0 unspecified atom stereocenters. The van der Waals surface area contributed by atoms with Gasteiger partial charge in [-0.1, -0.05) is 0 Å². The summed E-state index contributed by atoms with van der Waals surface area (Å²) in [7, 11) is 0. The van der Waals surface area contributed by atoms with Gasteiger partial charge in [0.05, 0.1) is 24.5 Å². The summed E-state index contributed by atoms with van der Waals surface area (Å²) in [6, 6.07) is 1.98. The normalized spacial score (nSPS) is 10.9. The molecule has 106 valence electrons. The lowest BCUT2D eigenvalue weighted by Gasteiger charge is -2.07. The Hall–Kier alpha value is -2.44. The van der Waals surface area contributed by atoms with Gasteiger partial charge in [-0.2, -0.15) is 5.10 Å². The zero-order chi connectivity index (χ0) is 14.7. The molecule has 7 heteroatoms. The average Bonchev–Trinajstić information content (AvgIpc) is 2.79. The SMILES string of the molecule is CC(C)n1ncc2cc(NC(=O)CCC(=O)O)cnc21. The highest BCUT2D eigenvalue weighted by Gasteiger charge is 2.10. The van der Waals surface area contributed by atoms with Gasteiger partial charge in [-0.3, -0.25) is 9.59 Å². The second-order valence-electron chi connectivity index (χ2n) is 4.76. The Morgan fingerprint density at radius 2 is 2.10 bits per heavy atom. The Kier molecular flexibility index (Phi) is 3.97. The van der Waals surface area contributed by atoms with E-state index in [1.165, 1.54) is 0 Å². The first-order valence-corrected chi connectivity index (χ1v) is 6.32. The molecular weight excluding hydrogens is 260 g/mol. The molecule has 2 rings (SSSR count). The Balaban J connectivity index is 2.12. The Morgan fingerprint density at radius 3 is 2.75 bits per heavy atom. The lowest BCUT2D eigenvalue weighted by Crippen LogP contribution is -2.13.